The van der Waals surface area contributed by atoms with E-state index < -0.39 is 11.7 Å². The van der Waals surface area contributed by atoms with Gasteiger partial charge in [-0.1, -0.05) is 12.1 Å². The van der Waals surface area contributed by atoms with Crippen LogP contribution in [-0.2, 0) is 12.8 Å². The molecule has 8 heteroatoms. The Morgan fingerprint density at radius 1 is 0.941 bits per heavy atom. The molecule has 0 spiro atoms. The van der Waals surface area contributed by atoms with Gasteiger partial charge in [0.2, 0.25) is 5.88 Å². The number of aromatic nitrogens is 2. The predicted molar refractivity (Wildman–Crippen MR) is 124 cm³/mol. The smallest absolute Gasteiger partial charge is 0.416 e. The van der Waals surface area contributed by atoms with E-state index in [1.165, 1.54) is 31.5 Å². The van der Waals surface area contributed by atoms with Gasteiger partial charge in [-0.2, -0.15) is 13.2 Å². The molecule has 0 saturated carbocycles. The molecule has 1 aliphatic heterocycles. The van der Waals surface area contributed by atoms with Crippen molar-refractivity contribution >= 4 is 0 Å². The highest BCUT2D eigenvalue weighted by Crippen LogP contribution is 2.29. The van der Waals surface area contributed by atoms with Crippen molar-refractivity contribution in [2.24, 2.45) is 0 Å². The van der Waals surface area contributed by atoms with Gasteiger partial charge in [-0.05, 0) is 80.8 Å². The Bertz CT molecular complexity index is 1040. The van der Waals surface area contributed by atoms with Crippen molar-refractivity contribution in [2.45, 2.75) is 45.0 Å². The summed E-state index contributed by atoms with van der Waals surface area (Å²) in [6.45, 7) is 5.34. The molecule has 0 N–H and O–H groups in total. The van der Waals surface area contributed by atoms with Crippen molar-refractivity contribution in [3.8, 4) is 22.9 Å². The number of rotatable bonds is 9. The minimum atomic E-state index is -4.35. The van der Waals surface area contributed by atoms with E-state index in [0.29, 0.717) is 29.8 Å². The maximum atomic E-state index is 12.6. The fourth-order valence-corrected chi connectivity index (χ4v) is 4.00. The Balaban J connectivity index is 1.23. The van der Waals surface area contributed by atoms with Crippen molar-refractivity contribution < 1.29 is 22.6 Å². The molecule has 180 valence electrons. The van der Waals surface area contributed by atoms with Crippen LogP contribution in [0.2, 0.25) is 0 Å². The van der Waals surface area contributed by atoms with Crippen LogP contribution in [0.15, 0.2) is 60.7 Å². The number of hydrogen-bond donors (Lipinski definition) is 0. The minimum absolute atomic E-state index is 0.106. The summed E-state index contributed by atoms with van der Waals surface area (Å²) in [5, 5.41) is 8.26. The van der Waals surface area contributed by atoms with E-state index in [1.807, 2.05) is 24.3 Å². The summed E-state index contributed by atoms with van der Waals surface area (Å²) < 4.78 is 49.4. The van der Waals surface area contributed by atoms with Gasteiger partial charge in [-0.25, -0.2) is 0 Å². The zero-order chi connectivity index (χ0) is 24.0. The SMILES string of the molecule is C[C@@H]1CCCN1CCCOc1ccc(-c2ccc(OCc3ccc(C(F)(F)F)cc3)nn2)cc1. The highest BCUT2D eigenvalue weighted by atomic mass is 19.4. The van der Waals surface area contributed by atoms with E-state index in [1.54, 1.807) is 12.1 Å². The van der Waals surface area contributed by atoms with E-state index >= 15 is 0 Å². The molecule has 4 rings (SSSR count). The number of benzene rings is 2. The van der Waals surface area contributed by atoms with Crippen LogP contribution in [-0.4, -0.2) is 40.8 Å². The topological polar surface area (TPSA) is 47.5 Å². The first-order valence-corrected chi connectivity index (χ1v) is 11.5. The number of alkyl halides is 3. The molecule has 1 aromatic heterocycles. The maximum absolute atomic E-state index is 12.6. The molecule has 1 saturated heterocycles. The lowest BCUT2D eigenvalue weighted by atomic mass is 10.1. The van der Waals surface area contributed by atoms with E-state index in [2.05, 4.69) is 22.0 Å². The third-order valence-electron chi connectivity index (χ3n) is 6.01. The monoisotopic (exact) mass is 471 g/mol. The van der Waals surface area contributed by atoms with Crippen molar-refractivity contribution in [1.82, 2.24) is 15.1 Å². The molecule has 3 aromatic rings. The van der Waals surface area contributed by atoms with Gasteiger partial charge in [0, 0.05) is 24.2 Å². The third-order valence-corrected chi connectivity index (χ3v) is 6.01. The van der Waals surface area contributed by atoms with Gasteiger partial charge in [0.25, 0.3) is 0 Å². The molecule has 2 heterocycles. The molecule has 1 atom stereocenters. The first kappa shape index (κ1) is 24.0. The van der Waals surface area contributed by atoms with Crippen LogP contribution in [0, 0.1) is 0 Å². The zero-order valence-corrected chi connectivity index (χ0v) is 19.1. The molecule has 0 bridgehead atoms. The summed E-state index contributed by atoms with van der Waals surface area (Å²) >= 11 is 0. The molecule has 34 heavy (non-hydrogen) atoms. The molecule has 1 fully saturated rings. The second-order valence-corrected chi connectivity index (χ2v) is 8.49. The molecular weight excluding hydrogens is 443 g/mol. The summed E-state index contributed by atoms with van der Waals surface area (Å²) in [7, 11) is 0. The Morgan fingerprint density at radius 2 is 1.71 bits per heavy atom. The number of ether oxygens (including phenoxy) is 2. The number of hydrogen-bond acceptors (Lipinski definition) is 5. The molecule has 0 amide bonds. The molecule has 2 aromatic carbocycles. The number of nitrogens with zero attached hydrogens (tertiary/aromatic N) is 3. The van der Waals surface area contributed by atoms with Crippen molar-refractivity contribution in [2.75, 3.05) is 19.7 Å². The van der Waals surface area contributed by atoms with Crippen LogP contribution in [0.3, 0.4) is 0 Å². The predicted octanol–water partition coefficient (Wildman–Crippen LogP) is 5.99. The summed E-state index contributed by atoms with van der Waals surface area (Å²) in [5.74, 6) is 1.12. The van der Waals surface area contributed by atoms with Crippen LogP contribution in [0.1, 0.15) is 37.3 Å². The lowest BCUT2D eigenvalue weighted by molar-refractivity contribution is -0.137. The van der Waals surface area contributed by atoms with Crippen LogP contribution in [0.25, 0.3) is 11.3 Å². The molecule has 1 aliphatic rings. The molecule has 0 unspecified atom stereocenters. The first-order valence-electron chi connectivity index (χ1n) is 11.5. The van der Waals surface area contributed by atoms with Crippen molar-refractivity contribution in [3.63, 3.8) is 0 Å². The lowest BCUT2D eigenvalue weighted by Gasteiger charge is -2.20. The quantitative estimate of drug-likeness (QED) is 0.359. The zero-order valence-electron chi connectivity index (χ0n) is 19.1. The normalized spacial score (nSPS) is 16.5. The van der Waals surface area contributed by atoms with E-state index in [9.17, 15) is 13.2 Å². The average molecular weight is 472 g/mol. The fraction of sp³-hybridized carbons (Fsp3) is 0.385. The van der Waals surface area contributed by atoms with Gasteiger partial charge in [-0.3, -0.25) is 0 Å². The van der Waals surface area contributed by atoms with Crippen LogP contribution < -0.4 is 9.47 Å². The Morgan fingerprint density at radius 3 is 2.32 bits per heavy atom. The van der Waals surface area contributed by atoms with Crippen LogP contribution in [0.5, 0.6) is 11.6 Å². The van der Waals surface area contributed by atoms with Gasteiger partial charge in [0.1, 0.15) is 12.4 Å². The number of likely N-dealkylation sites (tertiary alicyclic amines) is 1. The van der Waals surface area contributed by atoms with Gasteiger partial charge in [-0.15, -0.1) is 10.2 Å². The third kappa shape index (κ3) is 6.47. The largest absolute Gasteiger partial charge is 0.494 e. The van der Waals surface area contributed by atoms with Crippen molar-refractivity contribution in [1.29, 1.82) is 0 Å². The first-order chi connectivity index (χ1) is 16.4. The van der Waals surface area contributed by atoms with Gasteiger partial charge in [0.15, 0.2) is 0 Å². The highest BCUT2D eigenvalue weighted by Gasteiger charge is 2.29. The summed E-state index contributed by atoms with van der Waals surface area (Å²) in [4.78, 5) is 2.52. The van der Waals surface area contributed by atoms with E-state index in [4.69, 9.17) is 9.47 Å². The second kappa shape index (κ2) is 10.9. The fourth-order valence-electron chi connectivity index (χ4n) is 4.00. The Hall–Kier alpha value is -3.13. The second-order valence-electron chi connectivity index (χ2n) is 8.49. The van der Waals surface area contributed by atoms with E-state index in [0.717, 1.165) is 36.4 Å². The highest BCUT2D eigenvalue weighted by molar-refractivity contribution is 5.59. The van der Waals surface area contributed by atoms with Gasteiger partial charge >= 0.3 is 6.18 Å². The number of halogens is 3. The minimum Gasteiger partial charge on any atom is -0.494 e. The Kier molecular flexibility index (Phi) is 7.67. The lowest BCUT2D eigenvalue weighted by Crippen LogP contribution is -2.28. The summed E-state index contributed by atoms with van der Waals surface area (Å²) in [5.41, 5.74) is 1.52. The molecule has 5 nitrogen and oxygen atoms in total. The Labute approximate surface area is 197 Å². The summed E-state index contributed by atoms with van der Waals surface area (Å²) in [6, 6.07) is 16.7. The maximum Gasteiger partial charge on any atom is 0.416 e. The average Bonchev–Trinajstić information content (AvgIpc) is 3.25. The molecule has 0 aliphatic carbocycles. The standard InChI is InChI=1S/C26H28F3N3O2/c1-19-4-2-15-32(19)16-3-17-33-23-11-7-21(8-12-23)24-13-14-25(31-30-24)34-18-20-5-9-22(10-6-20)26(27,28)29/h5-14,19H,2-4,15-18H2,1H3/t19-/m1/s1. The molecule has 0 radical (unpaired) electrons. The summed E-state index contributed by atoms with van der Waals surface area (Å²) in [6.07, 6.45) is -0.765. The van der Waals surface area contributed by atoms with Gasteiger partial charge < -0.3 is 14.4 Å². The molecular formula is C26H28F3N3O2. The van der Waals surface area contributed by atoms with Crippen molar-refractivity contribution in [3.05, 3.63) is 71.8 Å². The van der Waals surface area contributed by atoms with Gasteiger partial charge in [0.05, 0.1) is 17.9 Å². The van der Waals surface area contributed by atoms with Crippen LogP contribution in [0.4, 0.5) is 13.2 Å². The van der Waals surface area contributed by atoms with E-state index in [-0.39, 0.29) is 6.61 Å². The van der Waals surface area contributed by atoms with Crippen LogP contribution >= 0.6 is 0 Å².